The van der Waals surface area contributed by atoms with E-state index in [1.165, 1.54) is 51.4 Å². The Labute approximate surface area is 344 Å². The minimum atomic E-state index is -4.60. The number of allylic oxidation sites excluding steroid dienone is 6. The second-order valence-electron chi connectivity index (χ2n) is 15.4. The average Bonchev–Trinajstić information content (AvgIpc) is 3.17. The number of aliphatic hydroxyl groups is 3. The van der Waals surface area contributed by atoms with Gasteiger partial charge in [0, 0.05) is 12.8 Å². The normalized spacial score (nSPS) is 20.8. The maximum atomic E-state index is 12.8. The molecule has 1 aliphatic rings. The SMILES string of the molecule is CCC/C=C\CCCCCCCC(=O)OCC(COC1OC(CS(=O)(=O)O)C(O)C(O)C1O)OC(=O)CCCCCCCCCCC/C=C\C/C=C\CCCCC. The van der Waals surface area contributed by atoms with Crippen LogP contribution >= 0.6 is 0 Å². The molecule has 1 aliphatic heterocycles. The van der Waals surface area contributed by atoms with Crippen molar-refractivity contribution < 1.29 is 56.8 Å². The Balaban J connectivity index is 2.43. The first kappa shape index (κ1) is 52.9. The van der Waals surface area contributed by atoms with E-state index in [-0.39, 0.29) is 19.4 Å². The zero-order valence-electron chi connectivity index (χ0n) is 35.2. The van der Waals surface area contributed by atoms with Crippen LogP contribution in [0.15, 0.2) is 36.5 Å². The van der Waals surface area contributed by atoms with Gasteiger partial charge >= 0.3 is 11.9 Å². The molecule has 0 aromatic rings. The van der Waals surface area contributed by atoms with Crippen molar-refractivity contribution in [3.8, 4) is 0 Å². The van der Waals surface area contributed by atoms with E-state index in [4.69, 9.17) is 18.9 Å². The van der Waals surface area contributed by atoms with Crippen molar-refractivity contribution in [3.05, 3.63) is 36.5 Å². The van der Waals surface area contributed by atoms with Gasteiger partial charge in [0.25, 0.3) is 10.1 Å². The third-order valence-electron chi connectivity index (χ3n) is 9.92. The lowest BCUT2D eigenvalue weighted by atomic mass is 10.00. The topological polar surface area (TPSA) is 186 Å². The van der Waals surface area contributed by atoms with E-state index in [1.54, 1.807) is 0 Å². The molecule has 0 amide bonds. The van der Waals surface area contributed by atoms with E-state index < -0.39 is 71.2 Å². The van der Waals surface area contributed by atoms with E-state index >= 15 is 0 Å². The molecule has 0 bridgehead atoms. The summed E-state index contributed by atoms with van der Waals surface area (Å²) in [6.45, 7) is 3.65. The number of hydrogen-bond acceptors (Lipinski definition) is 11. The molecule has 332 valence electrons. The Bertz CT molecular complexity index is 1200. The first-order valence-electron chi connectivity index (χ1n) is 22.0. The van der Waals surface area contributed by atoms with Gasteiger partial charge in [-0.05, 0) is 64.2 Å². The number of aliphatic hydroxyl groups excluding tert-OH is 3. The van der Waals surface area contributed by atoms with Gasteiger partial charge in [-0.2, -0.15) is 8.42 Å². The highest BCUT2D eigenvalue weighted by Crippen LogP contribution is 2.24. The highest BCUT2D eigenvalue weighted by atomic mass is 32.2. The van der Waals surface area contributed by atoms with E-state index in [1.807, 2.05) is 0 Å². The van der Waals surface area contributed by atoms with Crippen LogP contribution in [0.2, 0.25) is 0 Å². The second kappa shape index (κ2) is 34.7. The Morgan fingerprint density at radius 1 is 0.596 bits per heavy atom. The minimum Gasteiger partial charge on any atom is -0.462 e. The van der Waals surface area contributed by atoms with Gasteiger partial charge in [0.15, 0.2) is 12.4 Å². The van der Waals surface area contributed by atoms with E-state index in [0.29, 0.717) is 12.8 Å². The van der Waals surface area contributed by atoms with Gasteiger partial charge in [0.05, 0.1) is 6.61 Å². The lowest BCUT2D eigenvalue weighted by molar-refractivity contribution is -0.297. The Morgan fingerprint density at radius 2 is 1.09 bits per heavy atom. The Hall–Kier alpha value is -2.13. The zero-order valence-corrected chi connectivity index (χ0v) is 36.0. The number of ether oxygens (including phenoxy) is 4. The van der Waals surface area contributed by atoms with Crippen LogP contribution in [0.1, 0.15) is 174 Å². The first-order chi connectivity index (χ1) is 27.5. The fourth-order valence-corrected chi connectivity index (χ4v) is 7.16. The molecule has 57 heavy (non-hydrogen) atoms. The van der Waals surface area contributed by atoms with E-state index in [9.17, 15) is 37.9 Å². The van der Waals surface area contributed by atoms with Gasteiger partial charge in [-0.25, -0.2) is 0 Å². The van der Waals surface area contributed by atoms with Crippen LogP contribution in [0.4, 0.5) is 0 Å². The van der Waals surface area contributed by atoms with Gasteiger partial charge in [-0.15, -0.1) is 0 Å². The summed E-state index contributed by atoms with van der Waals surface area (Å²) in [5, 5.41) is 30.8. The second-order valence-corrected chi connectivity index (χ2v) is 16.9. The summed E-state index contributed by atoms with van der Waals surface area (Å²) in [4.78, 5) is 25.3. The molecule has 0 radical (unpaired) electrons. The molecule has 0 saturated carbocycles. The molecule has 6 atom stereocenters. The van der Waals surface area contributed by atoms with E-state index in [2.05, 4.69) is 50.3 Å². The molecular weight excluding hydrogens is 753 g/mol. The van der Waals surface area contributed by atoms with Crippen molar-refractivity contribution in [2.75, 3.05) is 19.0 Å². The molecule has 1 rings (SSSR count). The summed E-state index contributed by atoms with van der Waals surface area (Å²) in [5.41, 5.74) is 0. The van der Waals surface area contributed by atoms with Gasteiger partial charge in [0.1, 0.15) is 36.8 Å². The number of carbonyl (C=O) groups is 2. The maximum absolute atomic E-state index is 12.8. The standard InChI is InChI=1S/C44H78O12S/c1-3-5-7-9-11-13-15-16-17-18-19-20-21-22-23-25-27-29-31-33-40(46)55-37(34-53-39(45)32-30-28-26-24-14-12-10-8-6-4-2)35-54-44-43(49)42(48)41(47)38(56-44)36-57(50,51)52/h8,10-11,13,16-17,37-38,41-44,47-49H,3-7,9,12,14-15,18-36H2,1-2H3,(H,50,51,52)/b10-8-,13-11-,17-16-. The Morgan fingerprint density at radius 3 is 1.63 bits per heavy atom. The molecule has 12 nitrogen and oxygen atoms in total. The van der Waals surface area contributed by atoms with Crippen molar-refractivity contribution in [3.63, 3.8) is 0 Å². The lowest BCUT2D eigenvalue weighted by Gasteiger charge is -2.40. The van der Waals surface area contributed by atoms with Crippen molar-refractivity contribution in [1.29, 1.82) is 0 Å². The van der Waals surface area contributed by atoms with Crippen LogP contribution in [0, 0.1) is 0 Å². The fraction of sp³-hybridized carbons (Fsp3) is 0.818. The summed E-state index contributed by atoms with van der Waals surface area (Å²) in [7, 11) is -4.60. The summed E-state index contributed by atoms with van der Waals surface area (Å²) < 4.78 is 53.9. The van der Waals surface area contributed by atoms with Crippen molar-refractivity contribution in [2.45, 2.75) is 211 Å². The van der Waals surface area contributed by atoms with Gasteiger partial charge < -0.3 is 34.3 Å². The third-order valence-corrected chi connectivity index (χ3v) is 10.7. The summed E-state index contributed by atoms with van der Waals surface area (Å²) in [5.74, 6) is -2.00. The average molecular weight is 831 g/mol. The molecule has 0 aromatic heterocycles. The molecule has 1 heterocycles. The minimum absolute atomic E-state index is 0.158. The van der Waals surface area contributed by atoms with Crippen LogP contribution in [-0.2, 0) is 38.7 Å². The number of rotatable bonds is 36. The molecule has 0 spiro atoms. The van der Waals surface area contributed by atoms with Gasteiger partial charge in [0.2, 0.25) is 0 Å². The van der Waals surface area contributed by atoms with Crippen molar-refractivity contribution in [1.82, 2.24) is 0 Å². The molecule has 13 heteroatoms. The van der Waals surface area contributed by atoms with Crippen molar-refractivity contribution >= 4 is 22.1 Å². The molecule has 6 unspecified atom stereocenters. The number of carbonyl (C=O) groups excluding carboxylic acids is 2. The van der Waals surface area contributed by atoms with Crippen LogP contribution in [-0.4, -0.2) is 96.0 Å². The number of esters is 2. The number of hydrogen-bond donors (Lipinski definition) is 4. The van der Waals surface area contributed by atoms with Gasteiger partial charge in [-0.1, -0.05) is 134 Å². The monoisotopic (exact) mass is 831 g/mol. The molecule has 0 aliphatic carbocycles. The Kier molecular flexibility index (Phi) is 32.2. The molecule has 0 aromatic carbocycles. The smallest absolute Gasteiger partial charge is 0.306 e. The molecule has 1 fully saturated rings. The highest BCUT2D eigenvalue weighted by molar-refractivity contribution is 7.85. The lowest BCUT2D eigenvalue weighted by Crippen LogP contribution is -2.60. The fourth-order valence-electron chi connectivity index (χ4n) is 6.47. The summed E-state index contributed by atoms with van der Waals surface area (Å²) in [6, 6.07) is 0. The van der Waals surface area contributed by atoms with Crippen molar-refractivity contribution in [2.24, 2.45) is 0 Å². The molecular formula is C44H78O12S. The molecule has 4 N–H and O–H groups in total. The summed E-state index contributed by atoms with van der Waals surface area (Å²) in [6.07, 6.45) is 29.1. The number of unbranched alkanes of at least 4 members (excludes halogenated alkanes) is 18. The molecule has 1 saturated heterocycles. The van der Waals surface area contributed by atoms with Crippen LogP contribution in [0.25, 0.3) is 0 Å². The van der Waals surface area contributed by atoms with Gasteiger partial charge in [-0.3, -0.25) is 14.1 Å². The highest BCUT2D eigenvalue weighted by Gasteiger charge is 2.46. The van der Waals surface area contributed by atoms with Crippen LogP contribution in [0.5, 0.6) is 0 Å². The summed E-state index contributed by atoms with van der Waals surface area (Å²) >= 11 is 0. The van der Waals surface area contributed by atoms with Crippen LogP contribution in [0.3, 0.4) is 0 Å². The maximum Gasteiger partial charge on any atom is 0.306 e. The van der Waals surface area contributed by atoms with Crippen LogP contribution < -0.4 is 0 Å². The predicted octanol–water partition coefficient (Wildman–Crippen LogP) is 8.61. The third kappa shape index (κ3) is 29.7. The largest absolute Gasteiger partial charge is 0.462 e. The first-order valence-corrected chi connectivity index (χ1v) is 23.7. The quantitative estimate of drug-likeness (QED) is 0.0204. The predicted molar refractivity (Wildman–Crippen MR) is 224 cm³/mol. The zero-order chi connectivity index (χ0) is 42.0. The van der Waals surface area contributed by atoms with E-state index in [0.717, 1.165) is 83.5 Å².